The lowest BCUT2D eigenvalue weighted by molar-refractivity contribution is 0.0584. The summed E-state index contributed by atoms with van der Waals surface area (Å²) in [5.74, 6) is 0.694. The molecule has 0 bridgehead atoms. The molecule has 1 aliphatic heterocycles. The summed E-state index contributed by atoms with van der Waals surface area (Å²) in [6.07, 6.45) is 5.07. The maximum atomic E-state index is 5.86. The van der Waals surface area contributed by atoms with Crippen LogP contribution in [0.5, 0.6) is 0 Å². The third-order valence-electron chi connectivity index (χ3n) is 3.38. The number of allylic oxidation sites excluding steroid dienone is 1. The molecule has 1 saturated heterocycles. The van der Waals surface area contributed by atoms with Crippen molar-refractivity contribution in [2.45, 2.75) is 58.6 Å². The number of hydrogen-bond donors (Lipinski definition) is 1. The molecule has 0 radical (unpaired) electrons. The molecule has 0 aromatic rings. The molecule has 0 amide bonds. The van der Waals surface area contributed by atoms with Gasteiger partial charge in [0.2, 0.25) is 0 Å². The van der Waals surface area contributed by atoms with Crippen LogP contribution in [0, 0.1) is 5.92 Å². The van der Waals surface area contributed by atoms with Crippen LogP contribution < -0.4 is 5.32 Å². The number of rotatable bonds is 7. The summed E-state index contributed by atoms with van der Waals surface area (Å²) < 4.78 is 5.86. The zero-order chi connectivity index (χ0) is 12.0. The highest BCUT2D eigenvalue weighted by molar-refractivity contribution is 4.92. The highest BCUT2D eigenvalue weighted by Crippen LogP contribution is 2.25. The Morgan fingerprint density at radius 2 is 2.31 bits per heavy atom. The van der Waals surface area contributed by atoms with E-state index in [1.807, 2.05) is 0 Å². The van der Waals surface area contributed by atoms with Gasteiger partial charge in [0.1, 0.15) is 0 Å². The smallest absolute Gasteiger partial charge is 0.0754 e. The topological polar surface area (TPSA) is 21.3 Å². The molecule has 1 aliphatic rings. The van der Waals surface area contributed by atoms with Crippen molar-refractivity contribution in [3.8, 4) is 0 Å². The van der Waals surface area contributed by atoms with Crippen LogP contribution in [0.15, 0.2) is 12.2 Å². The van der Waals surface area contributed by atoms with Gasteiger partial charge < -0.3 is 10.1 Å². The summed E-state index contributed by atoms with van der Waals surface area (Å²) in [5, 5.41) is 3.63. The molecule has 1 N–H and O–H groups in total. The van der Waals surface area contributed by atoms with E-state index >= 15 is 0 Å². The molecule has 2 nitrogen and oxygen atoms in total. The van der Waals surface area contributed by atoms with Crippen molar-refractivity contribution in [3.63, 3.8) is 0 Å². The van der Waals surface area contributed by atoms with Gasteiger partial charge in [-0.25, -0.2) is 0 Å². The average molecular weight is 225 g/mol. The van der Waals surface area contributed by atoms with Gasteiger partial charge in [-0.2, -0.15) is 0 Å². The van der Waals surface area contributed by atoms with E-state index in [1.165, 1.54) is 18.4 Å². The van der Waals surface area contributed by atoms with E-state index in [0.29, 0.717) is 18.1 Å². The van der Waals surface area contributed by atoms with Crippen LogP contribution in [0.4, 0.5) is 0 Å². The normalized spacial score (nSPS) is 26.9. The van der Waals surface area contributed by atoms with E-state index in [9.17, 15) is 0 Å². The van der Waals surface area contributed by atoms with Gasteiger partial charge >= 0.3 is 0 Å². The summed E-state index contributed by atoms with van der Waals surface area (Å²) in [5.41, 5.74) is 1.27. The van der Waals surface area contributed by atoms with Crippen LogP contribution in [0.2, 0.25) is 0 Å². The van der Waals surface area contributed by atoms with Crippen LogP contribution in [0.1, 0.15) is 46.5 Å². The van der Waals surface area contributed by atoms with Crippen LogP contribution in [0.3, 0.4) is 0 Å². The Morgan fingerprint density at radius 3 is 2.81 bits per heavy atom. The van der Waals surface area contributed by atoms with Gasteiger partial charge in [-0.15, -0.1) is 6.58 Å². The Balaban J connectivity index is 2.44. The summed E-state index contributed by atoms with van der Waals surface area (Å²) in [4.78, 5) is 0. The maximum absolute atomic E-state index is 5.86. The highest BCUT2D eigenvalue weighted by Gasteiger charge is 2.31. The zero-order valence-electron chi connectivity index (χ0n) is 11.1. The van der Waals surface area contributed by atoms with E-state index in [1.54, 1.807) is 0 Å². The predicted octanol–water partition coefficient (Wildman–Crippen LogP) is 3.14. The van der Waals surface area contributed by atoms with Gasteiger partial charge in [0, 0.05) is 12.6 Å². The Kier molecular flexibility index (Phi) is 6.07. The molecule has 0 aromatic heterocycles. The molecule has 1 fully saturated rings. The third-order valence-corrected chi connectivity index (χ3v) is 3.38. The van der Waals surface area contributed by atoms with Gasteiger partial charge in [0.05, 0.1) is 6.10 Å². The molecule has 3 unspecified atom stereocenters. The van der Waals surface area contributed by atoms with E-state index in [2.05, 4.69) is 32.7 Å². The quantitative estimate of drug-likeness (QED) is 0.672. The minimum atomic E-state index is 0.408. The van der Waals surface area contributed by atoms with Crippen molar-refractivity contribution in [2.75, 3.05) is 13.2 Å². The Labute approximate surface area is 100 Å². The predicted molar refractivity (Wildman–Crippen MR) is 69.7 cm³/mol. The van der Waals surface area contributed by atoms with E-state index in [0.717, 1.165) is 26.0 Å². The van der Waals surface area contributed by atoms with Crippen LogP contribution in [-0.2, 0) is 4.74 Å². The number of hydrogen-bond acceptors (Lipinski definition) is 2. The van der Waals surface area contributed by atoms with E-state index < -0.39 is 0 Å². The molecule has 2 heteroatoms. The largest absolute Gasteiger partial charge is 0.376 e. The lowest BCUT2D eigenvalue weighted by atomic mass is 9.93. The van der Waals surface area contributed by atoms with E-state index in [4.69, 9.17) is 4.74 Å². The molecular formula is C14H27NO. The molecule has 0 aliphatic carbocycles. The van der Waals surface area contributed by atoms with Gasteiger partial charge in [-0.1, -0.05) is 19.4 Å². The number of ether oxygens (including phenoxy) is 1. The standard InChI is InChI=1S/C14H27NO/c1-5-9-15-13(7-6-11(2)3)14-12(4)8-10-16-14/h12-15H,2,5-10H2,1,3-4H3. The fraction of sp³-hybridized carbons (Fsp3) is 0.857. The van der Waals surface area contributed by atoms with Gasteiger partial charge in [0.15, 0.2) is 0 Å². The minimum absolute atomic E-state index is 0.408. The Morgan fingerprint density at radius 1 is 1.56 bits per heavy atom. The highest BCUT2D eigenvalue weighted by atomic mass is 16.5. The molecule has 0 saturated carbocycles. The van der Waals surface area contributed by atoms with Gasteiger partial charge in [-0.05, 0) is 45.1 Å². The summed E-state index contributed by atoms with van der Waals surface area (Å²) in [6, 6.07) is 0.508. The molecule has 94 valence electrons. The van der Waals surface area contributed by atoms with Crippen molar-refractivity contribution in [1.82, 2.24) is 5.32 Å². The molecule has 16 heavy (non-hydrogen) atoms. The van der Waals surface area contributed by atoms with Crippen LogP contribution >= 0.6 is 0 Å². The van der Waals surface area contributed by atoms with Crippen molar-refractivity contribution < 1.29 is 4.74 Å². The first-order valence-corrected chi connectivity index (χ1v) is 6.64. The fourth-order valence-electron chi connectivity index (χ4n) is 2.35. The lowest BCUT2D eigenvalue weighted by Gasteiger charge is -2.27. The van der Waals surface area contributed by atoms with Crippen LogP contribution in [0.25, 0.3) is 0 Å². The van der Waals surface area contributed by atoms with Crippen molar-refractivity contribution in [3.05, 3.63) is 12.2 Å². The summed E-state index contributed by atoms with van der Waals surface area (Å²) in [6.45, 7) is 12.6. The zero-order valence-corrected chi connectivity index (χ0v) is 11.1. The van der Waals surface area contributed by atoms with E-state index in [-0.39, 0.29) is 0 Å². The first kappa shape index (κ1) is 13.7. The second kappa shape index (κ2) is 7.08. The fourth-order valence-corrected chi connectivity index (χ4v) is 2.35. The second-order valence-corrected chi connectivity index (χ2v) is 5.16. The molecule has 1 heterocycles. The summed E-state index contributed by atoms with van der Waals surface area (Å²) in [7, 11) is 0. The SMILES string of the molecule is C=C(C)CCC(NCCC)C1OCCC1C. The average Bonchev–Trinajstić information content (AvgIpc) is 2.65. The molecular weight excluding hydrogens is 198 g/mol. The molecule has 0 spiro atoms. The molecule has 0 aromatic carbocycles. The Hall–Kier alpha value is -0.340. The number of nitrogens with one attached hydrogen (secondary N) is 1. The lowest BCUT2D eigenvalue weighted by Crippen LogP contribution is -2.42. The summed E-state index contributed by atoms with van der Waals surface area (Å²) >= 11 is 0. The third kappa shape index (κ3) is 4.26. The maximum Gasteiger partial charge on any atom is 0.0754 e. The van der Waals surface area contributed by atoms with Crippen molar-refractivity contribution >= 4 is 0 Å². The minimum Gasteiger partial charge on any atom is -0.376 e. The second-order valence-electron chi connectivity index (χ2n) is 5.16. The van der Waals surface area contributed by atoms with Crippen molar-refractivity contribution in [2.24, 2.45) is 5.92 Å². The van der Waals surface area contributed by atoms with Gasteiger partial charge in [-0.3, -0.25) is 0 Å². The monoisotopic (exact) mass is 225 g/mol. The van der Waals surface area contributed by atoms with Crippen LogP contribution in [-0.4, -0.2) is 25.3 Å². The first-order valence-electron chi connectivity index (χ1n) is 6.64. The van der Waals surface area contributed by atoms with Crippen molar-refractivity contribution in [1.29, 1.82) is 0 Å². The Bertz CT molecular complexity index is 215. The molecule has 1 rings (SSSR count). The first-order chi connectivity index (χ1) is 7.65. The van der Waals surface area contributed by atoms with Gasteiger partial charge in [0.25, 0.3) is 0 Å². The molecule has 3 atom stereocenters.